The van der Waals surface area contributed by atoms with E-state index in [1.54, 1.807) is 4.90 Å². The molecule has 0 spiro atoms. The molecule has 3 N–H and O–H groups in total. The fourth-order valence-corrected chi connectivity index (χ4v) is 3.00. The van der Waals surface area contributed by atoms with E-state index in [1.165, 1.54) is 17.7 Å². The Morgan fingerprint density at radius 1 is 1.21 bits per heavy atom. The predicted molar refractivity (Wildman–Crippen MR) is 101 cm³/mol. The first-order chi connectivity index (χ1) is 11.6. The first kappa shape index (κ1) is 19.0. The normalized spacial score (nSPS) is 15.1. The summed E-state index contributed by atoms with van der Waals surface area (Å²) in [6.45, 7) is 11.6. The Labute approximate surface area is 150 Å². The molecule has 0 bridgehead atoms. The van der Waals surface area contributed by atoms with Crippen molar-refractivity contribution in [2.75, 3.05) is 52.5 Å². The second-order valence-corrected chi connectivity index (χ2v) is 6.67. The highest BCUT2D eigenvalue weighted by Crippen LogP contribution is 2.18. The van der Waals surface area contributed by atoms with Crippen molar-refractivity contribution >= 4 is 17.3 Å². The Balaban J connectivity index is 1.50. The predicted octanol–water partition coefficient (Wildman–Crippen LogP) is 0.452. The average molecular weight is 353 g/mol. The molecule has 1 aliphatic heterocycles. The summed E-state index contributed by atoms with van der Waals surface area (Å²) in [4.78, 5) is 1.63. The summed E-state index contributed by atoms with van der Waals surface area (Å²) in [7, 11) is 0. The van der Waals surface area contributed by atoms with Gasteiger partial charge in [0.2, 0.25) is 0 Å². The molecule has 0 unspecified atom stereocenters. The standard InChI is InChI=1S/C18H29N3O2S/c1-15-4-5-17(16(2)14-15)23-11-7-20-18(24)19-6-3-8-21-9-12-22-13-10-21/h4-5,14H,3,6-13H2,1-2H3,(H2,19,20,24)/p+1. The van der Waals surface area contributed by atoms with E-state index in [0.717, 1.165) is 45.0 Å². The second kappa shape index (κ2) is 10.5. The van der Waals surface area contributed by atoms with Gasteiger partial charge in [-0.3, -0.25) is 0 Å². The van der Waals surface area contributed by atoms with Crippen LogP contribution in [0.4, 0.5) is 0 Å². The van der Waals surface area contributed by atoms with Gasteiger partial charge in [0.05, 0.1) is 26.3 Å². The van der Waals surface area contributed by atoms with Crippen molar-refractivity contribution in [1.82, 2.24) is 10.6 Å². The van der Waals surface area contributed by atoms with Crippen molar-refractivity contribution in [3.05, 3.63) is 29.3 Å². The zero-order valence-electron chi connectivity index (χ0n) is 14.8. The molecule has 24 heavy (non-hydrogen) atoms. The molecule has 2 rings (SSSR count). The molecule has 1 saturated heterocycles. The summed E-state index contributed by atoms with van der Waals surface area (Å²) >= 11 is 5.29. The number of hydrogen-bond acceptors (Lipinski definition) is 3. The summed E-state index contributed by atoms with van der Waals surface area (Å²) in [5.74, 6) is 0.940. The Morgan fingerprint density at radius 2 is 1.96 bits per heavy atom. The molecule has 0 amide bonds. The molecule has 0 radical (unpaired) electrons. The monoisotopic (exact) mass is 352 g/mol. The summed E-state index contributed by atoms with van der Waals surface area (Å²) in [5.41, 5.74) is 2.42. The van der Waals surface area contributed by atoms with Gasteiger partial charge in [-0.2, -0.15) is 0 Å². The summed E-state index contributed by atoms with van der Waals surface area (Å²) in [5, 5.41) is 7.16. The van der Waals surface area contributed by atoms with Gasteiger partial charge in [-0.1, -0.05) is 17.7 Å². The molecule has 1 fully saturated rings. The molecule has 5 nitrogen and oxygen atoms in total. The fraction of sp³-hybridized carbons (Fsp3) is 0.611. The van der Waals surface area contributed by atoms with Gasteiger partial charge in [0.1, 0.15) is 25.4 Å². The number of thiocarbonyl (C=S) groups is 1. The minimum atomic E-state index is 0.601. The van der Waals surface area contributed by atoms with Gasteiger partial charge in [-0.05, 0) is 37.7 Å². The number of nitrogens with one attached hydrogen (secondary N) is 3. The second-order valence-electron chi connectivity index (χ2n) is 6.27. The number of ether oxygens (including phenoxy) is 2. The van der Waals surface area contributed by atoms with Crippen LogP contribution in [0.1, 0.15) is 17.5 Å². The molecule has 1 heterocycles. The molecule has 1 aliphatic rings. The topological polar surface area (TPSA) is 47.0 Å². The number of benzene rings is 1. The lowest BCUT2D eigenvalue weighted by Crippen LogP contribution is -3.14. The Bertz CT molecular complexity index is 519. The van der Waals surface area contributed by atoms with Crippen molar-refractivity contribution < 1.29 is 14.4 Å². The smallest absolute Gasteiger partial charge is 0.166 e. The first-order valence-corrected chi connectivity index (χ1v) is 9.19. The van der Waals surface area contributed by atoms with Crippen molar-refractivity contribution in [1.29, 1.82) is 0 Å². The van der Waals surface area contributed by atoms with Crippen LogP contribution in [0.15, 0.2) is 18.2 Å². The molecule has 134 valence electrons. The third kappa shape index (κ3) is 7.03. The van der Waals surface area contributed by atoms with Crippen molar-refractivity contribution in [2.24, 2.45) is 0 Å². The highest BCUT2D eigenvalue weighted by molar-refractivity contribution is 7.80. The fourth-order valence-electron chi connectivity index (χ4n) is 2.80. The molecule has 0 aromatic heterocycles. The van der Waals surface area contributed by atoms with Crippen LogP contribution in [0.5, 0.6) is 5.75 Å². The van der Waals surface area contributed by atoms with Crippen LogP contribution < -0.4 is 20.3 Å². The van der Waals surface area contributed by atoms with E-state index in [1.807, 2.05) is 6.07 Å². The molecule has 1 aromatic rings. The van der Waals surface area contributed by atoms with Crippen molar-refractivity contribution in [3.63, 3.8) is 0 Å². The van der Waals surface area contributed by atoms with E-state index in [0.29, 0.717) is 18.3 Å². The van der Waals surface area contributed by atoms with Gasteiger partial charge in [0.15, 0.2) is 5.11 Å². The molecular weight excluding hydrogens is 322 g/mol. The Morgan fingerprint density at radius 3 is 2.71 bits per heavy atom. The lowest BCUT2D eigenvalue weighted by atomic mass is 10.1. The van der Waals surface area contributed by atoms with Gasteiger partial charge in [0, 0.05) is 13.0 Å². The van der Waals surface area contributed by atoms with Gasteiger partial charge in [0.25, 0.3) is 0 Å². The Hall–Kier alpha value is -1.37. The largest absolute Gasteiger partial charge is 0.491 e. The summed E-state index contributed by atoms with van der Waals surface area (Å²) in [6, 6.07) is 6.22. The van der Waals surface area contributed by atoms with Crippen molar-refractivity contribution in [3.8, 4) is 5.75 Å². The SMILES string of the molecule is Cc1ccc(OCCNC(=S)NCCC[NH+]2CCOCC2)c(C)c1. The van der Waals surface area contributed by atoms with E-state index in [-0.39, 0.29) is 0 Å². The number of quaternary nitrogens is 1. The summed E-state index contributed by atoms with van der Waals surface area (Å²) < 4.78 is 11.1. The van der Waals surface area contributed by atoms with E-state index < -0.39 is 0 Å². The van der Waals surface area contributed by atoms with E-state index in [9.17, 15) is 0 Å². The molecule has 0 aliphatic carbocycles. The highest BCUT2D eigenvalue weighted by Gasteiger charge is 2.12. The van der Waals surface area contributed by atoms with Crippen LogP contribution in [0, 0.1) is 13.8 Å². The maximum Gasteiger partial charge on any atom is 0.166 e. The van der Waals surface area contributed by atoms with Crippen molar-refractivity contribution in [2.45, 2.75) is 20.3 Å². The van der Waals surface area contributed by atoms with Crippen LogP contribution in [-0.2, 0) is 4.74 Å². The van der Waals surface area contributed by atoms with E-state index in [4.69, 9.17) is 21.7 Å². The number of rotatable bonds is 8. The van der Waals surface area contributed by atoms with Gasteiger partial charge in [-0.25, -0.2) is 0 Å². The zero-order chi connectivity index (χ0) is 17.2. The van der Waals surface area contributed by atoms with Crippen LogP contribution >= 0.6 is 12.2 Å². The number of aryl methyl sites for hydroxylation is 2. The molecule has 1 aromatic carbocycles. The third-order valence-corrected chi connectivity index (χ3v) is 4.46. The highest BCUT2D eigenvalue weighted by atomic mass is 32.1. The number of hydrogen-bond donors (Lipinski definition) is 3. The number of morpholine rings is 1. The minimum Gasteiger partial charge on any atom is -0.491 e. The van der Waals surface area contributed by atoms with Gasteiger partial charge in [-0.15, -0.1) is 0 Å². The Kier molecular flexibility index (Phi) is 8.28. The molecule has 0 saturated carbocycles. The third-order valence-electron chi connectivity index (χ3n) is 4.17. The summed E-state index contributed by atoms with van der Waals surface area (Å²) in [6.07, 6.45) is 1.12. The first-order valence-electron chi connectivity index (χ1n) is 8.78. The van der Waals surface area contributed by atoms with Crippen LogP contribution in [-0.4, -0.2) is 57.7 Å². The minimum absolute atomic E-state index is 0.601. The molecular formula is C18H30N3O2S+. The maximum atomic E-state index is 5.78. The van der Waals surface area contributed by atoms with E-state index in [2.05, 4.69) is 36.6 Å². The van der Waals surface area contributed by atoms with Gasteiger partial charge >= 0.3 is 0 Å². The maximum absolute atomic E-state index is 5.78. The zero-order valence-corrected chi connectivity index (χ0v) is 15.6. The average Bonchev–Trinajstić information content (AvgIpc) is 2.58. The quantitative estimate of drug-likeness (QED) is 0.469. The lowest BCUT2D eigenvalue weighted by molar-refractivity contribution is -0.908. The van der Waals surface area contributed by atoms with Crippen LogP contribution in [0.3, 0.4) is 0 Å². The molecule has 0 atom stereocenters. The van der Waals surface area contributed by atoms with Crippen LogP contribution in [0.2, 0.25) is 0 Å². The van der Waals surface area contributed by atoms with E-state index >= 15 is 0 Å². The van der Waals surface area contributed by atoms with Gasteiger partial charge < -0.3 is 25.0 Å². The van der Waals surface area contributed by atoms with Crippen LogP contribution in [0.25, 0.3) is 0 Å². The lowest BCUT2D eigenvalue weighted by Gasteiger charge is -2.23. The molecule has 6 heteroatoms.